The summed E-state index contributed by atoms with van der Waals surface area (Å²) < 4.78 is 0. The van der Waals surface area contributed by atoms with Crippen LogP contribution in [0, 0.1) is 0 Å². The second kappa shape index (κ2) is 13.8. The van der Waals surface area contributed by atoms with Crippen molar-refractivity contribution in [3.8, 4) is 67.5 Å². The largest absolute Gasteiger partial charge is 0.399 e. The van der Waals surface area contributed by atoms with Crippen molar-refractivity contribution in [1.29, 1.82) is 0 Å². The van der Waals surface area contributed by atoms with Gasteiger partial charge in [-0.1, -0.05) is 176 Å². The van der Waals surface area contributed by atoms with Crippen LogP contribution in [0.5, 0.6) is 0 Å². The standard InChI is InChI=1S/C52H36N4/c53-42-28-16-22-38(32-42)45-34-48-46(43-29-13-14-30-47(43)52(48,40-24-9-3-10-25-40)41-26-11-4-12-27-41)33-44(45)37-21-15-23-39(31-37)51-55-49(35-17-5-1-6-18-35)54-50(56-51)36-19-7-2-8-20-36/h1-34H,53H2. The van der Waals surface area contributed by atoms with Crippen LogP contribution < -0.4 is 5.73 Å². The number of rotatable bonds is 7. The van der Waals surface area contributed by atoms with E-state index in [9.17, 15) is 0 Å². The average Bonchev–Trinajstić information content (AvgIpc) is 3.57. The number of hydrogen-bond acceptors (Lipinski definition) is 4. The highest BCUT2D eigenvalue weighted by molar-refractivity contribution is 5.95. The molecule has 0 atom stereocenters. The minimum Gasteiger partial charge on any atom is -0.399 e. The lowest BCUT2D eigenvalue weighted by molar-refractivity contribution is 0.769. The van der Waals surface area contributed by atoms with E-state index >= 15 is 0 Å². The Morgan fingerprint density at radius 3 is 1.34 bits per heavy atom. The highest BCUT2D eigenvalue weighted by atomic mass is 15.0. The molecular formula is C52H36N4. The molecule has 8 aromatic carbocycles. The van der Waals surface area contributed by atoms with Crippen molar-refractivity contribution in [1.82, 2.24) is 15.0 Å². The Balaban J connectivity index is 1.23. The third-order valence-corrected chi connectivity index (χ3v) is 10.9. The number of nitrogens with zero attached hydrogens (tertiary/aromatic N) is 3. The van der Waals surface area contributed by atoms with Crippen LogP contribution in [0.25, 0.3) is 67.5 Å². The van der Waals surface area contributed by atoms with E-state index in [1.807, 2.05) is 72.8 Å². The van der Waals surface area contributed by atoms with Crippen LogP contribution in [0.1, 0.15) is 22.3 Å². The molecule has 1 heterocycles. The summed E-state index contributed by atoms with van der Waals surface area (Å²) in [6, 6.07) is 72.5. The van der Waals surface area contributed by atoms with Gasteiger partial charge in [0.25, 0.3) is 0 Å². The molecule has 0 unspecified atom stereocenters. The van der Waals surface area contributed by atoms with Gasteiger partial charge in [-0.25, -0.2) is 15.0 Å². The molecule has 4 nitrogen and oxygen atoms in total. The molecule has 0 saturated heterocycles. The van der Waals surface area contributed by atoms with Crippen molar-refractivity contribution >= 4 is 5.69 Å². The molecular weight excluding hydrogens is 681 g/mol. The quantitative estimate of drug-likeness (QED) is 0.167. The predicted molar refractivity (Wildman–Crippen MR) is 229 cm³/mol. The zero-order valence-corrected chi connectivity index (χ0v) is 30.5. The van der Waals surface area contributed by atoms with Crippen LogP contribution in [0.4, 0.5) is 5.69 Å². The molecule has 0 radical (unpaired) electrons. The molecule has 9 aromatic rings. The van der Waals surface area contributed by atoms with Crippen LogP contribution in [0.15, 0.2) is 206 Å². The fraction of sp³-hybridized carbons (Fsp3) is 0.0192. The third kappa shape index (κ3) is 5.59. The predicted octanol–water partition coefficient (Wildman–Crippen LogP) is 12.2. The van der Waals surface area contributed by atoms with E-state index < -0.39 is 5.41 Å². The van der Waals surface area contributed by atoms with E-state index in [1.165, 1.54) is 33.4 Å². The first-order valence-electron chi connectivity index (χ1n) is 18.9. The maximum atomic E-state index is 6.50. The van der Waals surface area contributed by atoms with Crippen LogP contribution in [0.2, 0.25) is 0 Å². The Kier molecular flexibility index (Phi) is 8.15. The maximum absolute atomic E-state index is 6.50. The summed E-state index contributed by atoms with van der Waals surface area (Å²) in [4.78, 5) is 15.1. The number of nitrogen functional groups attached to an aromatic ring is 1. The van der Waals surface area contributed by atoms with E-state index in [2.05, 4.69) is 133 Å². The fourth-order valence-electron chi connectivity index (χ4n) is 8.44. The van der Waals surface area contributed by atoms with Crippen molar-refractivity contribution < 1.29 is 0 Å². The normalized spacial score (nSPS) is 12.5. The lowest BCUT2D eigenvalue weighted by Gasteiger charge is -2.34. The topological polar surface area (TPSA) is 64.7 Å². The highest BCUT2D eigenvalue weighted by Gasteiger charge is 2.46. The fourth-order valence-corrected chi connectivity index (χ4v) is 8.44. The molecule has 0 saturated carbocycles. The molecule has 1 aliphatic rings. The zero-order valence-electron chi connectivity index (χ0n) is 30.5. The molecule has 1 aliphatic carbocycles. The Labute approximate surface area is 326 Å². The van der Waals surface area contributed by atoms with Gasteiger partial charge in [0, 0.05) is 22.4 Å². The number of anilines is 1. The molecule has 2 N–H and O–H groups in total. The summed E-state index contributed by atoms with van der Waals surface area (Å²) in [5.41, 5.74) is 21.2. The van der Waals surface area contributed by atoms with Gasteiger partial charge in [0.1, 0.15) is 0 Å². The first-order chi connectivity index (χ1) is 27.7. The van der Waals surface area contributed by atoms with Crippen molar-refractivity contribution in [3.63, 3.8) is 0 Å². The second-order valence-electron chi connectivity index (χ2n) is 14.2. The van der Waals surface area contributed by atoms with E-state index in [0.717, 1.165) is 44.6 Å². The first kappa shape index (κ1) is 33.2. The van der Waals surface area contributed by atoms with Crippen molar-refractivity contribution in [2.45, 2.75) is 5.41 Å². The Morgan fingerprint density at radius 2 is 0.750 bits per heavy atom. The molecule has 264 valence electrons. The molecule has 0 fully saturated rings. The van der Waals surface area contributed by atoms with E-state index in [0.29, 0.717) is 17.5 Å². The second-order valence-corrected chi connectivity index (χ2v) is 14.2. The highest BCUT2D eigenvalue weighted by Crippen LogP contribution is 2.58. The lowest BCUT2D eigenvalue weighted by Crippen LogP contribution is -2.28. The SMILES string of the molecule is Nc1cccc(-c2cc3c(cc2-c2cccc(-c4nc(-c5ccccc5)nc(-c5ccccc5)n4)c2)-c2ccccc2C3(c2ccccc2)c2ccccc2)c1. The molecule has 56 heavy (non-hydrogen) atoms. The Hall–Kier alpha value is -7.43. The number of nitrogens with two attached hydrogens (primary N) is 1. The summed E-state index contributed by atoms with van der Waals surface area (Å²) in [5, 5.41) is 0. The maximum Gasteiger partial charge on any atom is 0.164 e. The van der Waals surface area contributed by atoms with Gasteiger partial charge in [-0.2, -0.15) is 0 Å². The Bertz CT molecular complexity index is 2760. The van der Waals surface area contributed by atoms with Gasteiger partial charge in [-0.3, -0.25) is 0 Å². The van der Waals surface area contributed by atoms with Crippen LogP contribution in [0.3, 0.4) is 0 Å². The third-order valence-electron chi connectivity index (χ3n) is 10.9. The summed E-state index contributed by atoms with van der Waals surface area (Å²) >= 11 is 0. The van der Waals surface area contributed by atoms with Crippen LogP contribution in [-0.4, -0.2) is 15.0 Å². The number of benzene rings is 8. The van der Waals surface area contributed by atoms with E-state index in [-0.39, 0.29) is 0 Å². The molecule has 0 aliphatic heterocycles. The molecule has 4 heteroatoms. The van der Waals surface area contributed by atoms with Gasteiger partial charge < -0.3 is 5.73 Å². The van der Waals surface area contributed by atoms with Gasteiger partial charge in [-0.15, -0.1) is 0 Å². The van der Waals surface area contributed by atoms with Crippen LogP contribution >= 0.6 is 0 Å². The monoisotopic (exact) mass is 716 g/mol. The first-order valence-corrected chi connectivity index (χ1v) is 18.9. The number of hydrogen-bond donors (Lipinski definition) is 1. The average molecular weight is 717 g/mol. The minimum absolute atomic E-state index is 0.531. The molecule has 0 amide bonds. The van der Waals surface area contributed by atoms with Gasteiger partial charge >= 0.3 is 0 Å². The zero-order chi connectivity index (χ0) is 37.5. The lowest BCUT2D eigenvalue weighted by atomic mass is 9.67. The Morgan fingerprint density at radius 1 is 0.304 bits per heavy atom. The summed E-state index contributed by atoms with van der Waals surface area (Å²) in [5.74, 6) is 1.88. The summed E-state index contributed by atoms with van der Waals surface area (Å²) in [6.07, 6.45) is 0. The molecule has 1 aromatic heterocycles. The van der Waals surface area contributed by atoms with Crippen molar-refractivity contribution in [2.75, 3.05) is 5.73 Å². The minimum atomic E-state index is -0.531. The van der Waals surface area contributed by atoms with Gasteiger partial charge in [0.05, 0.1) is 5.41 Å². The summed E-state index contributed by atoms with van der Waals surface area (Å²) in [6.45, 7) is 0. The van der Waals surface area contributed by atoms with Gasteiger partial charge in [-0.05, 0) is 86.0 Å². The smallest absolute Gasteiger partial charge is 0.164 e. The van der Waals surface area contributed by atoms with Crippen LogP contribution in [-0.2, 0) is 5.41 Å². The number of fused-ring (bicyclic) bond motifs is 3. The van der Waals surface area contributed by atoms with E-state index in [4.69, 9.17) is 20.7 Å². The molecule has 0 bridgehead atoms. The van der Waals surface area contributed by atoms with Gasteiger partial charge in [0.2, 0.25) is 0 Å². The van der Waals surface area contributed by atoms with Crippen molar-refractivity contribution in [3.05, 3.63) is 229 Å². The molecule has 10 rings (SSSR count). The molecule has 0 spiro atoms. The van der Waals surface area contributed by atoms with E-state index in [1.54, 1.807) is 0 Å². The summed E-state index contributed by atoms with van der Waals surface area (Å²) in [7, 11) is 0. The van der Waals surface area contributed by atoms with Gasteiger partial charge in [0.15, 0.2) is 17.5 Å². The number of aromatic nitrogens is 3. The van der Waals surface area contributed by atoms with Crippen molar-refractivity contribution in [2.24, 2.45) is 0 Å².